The van der Waals surface area contributed by atoms with Gasteiger partial charge in [0, 0.05) is 66.8 Å². The highest BCUT2D eigenvalue weighted by Gasteiger charge is 2.28. The van der Waals surface area contributed by atoms with E-state index in [0.717, 1.165) is 66.7 Å². The number of nitrogens with zero attached hydrogens (tertiary/aromatic N) is 3. The van der Waals surface area contributed by atoms with Gasteiger partial charge in [0.1, 0.15) is 12.4 Å². The molecular formula is C29H38ClN3O2. The zero-order chi connectivity index (χ0) is 24.2. The number of ether oxygens (including phenoxy) is 1. The lowest BCUT2D eigenvalue weighted by atomic mass is 9.94. The van der Waals surface area contributed by atoms with Gasteiger partial charge in [-0.25, -0.2) is 0 Å². The van der Waals surface area contributed by atoms with Crippen LogP contribution in [0.3, 0.4) is 0 Å². The number of β-amino-alcohol motifs (C(OH)–C–C–N with tert-alkyl or cyclic N) is 1. The van der Waals surface area contributed by atoms with Gasteiger partial charge in [-0.1, -0.05) is 49.1 Å². The van der Waals surface area contributed by atoms with E-state index in [1.165, 1.54) is 32.1 Å². The summed E-state index contributed by atoms with van der Waals surface area (Å²) in [5.41, 5.74) is 3.21. The second-order valence-electron chi connectivity index (χ2n) is 10.0. The van der Waals surface area contributed by atoms with E-state index in [2.05, 4.69) is 45.6 Å². The quantitative estimate of drug-likeness (QED) is 0.424. The van der Waals surface area contributed by atoms with Crippen LogP contribution in [0, 0.1) is 0 Å². The Bertz CT molecular complexity index is 1100. The maximum absolute atomic E-state index is 11.6. The molecule has 5 nitrogen and oxygen atoms in total. The summed E-state index contributed by atoms with van der Waals surface area (Å²) < 4.78 is 8.45. The van der Waals surface area contributed by atoms with Crippen LogP contribution in [0.1, 0.15) is 56.4 Å². The molecule has 2 aliphatic rings. The number of fused-ring (bicyclic) bond motifs is 1. The minimum Gasteiger partial charge on any atom is -0.487 e. The zero-order valence-electron chi connectivity index (χ0n) is 20.8. The Morgan fingerprint density at radius 2 is 1.69 bits per heavy atom. The third kappa shape index (κ3) is 5.54. The standard InChI is InChI=1S/C29H38ClN3O2/c1-2-33-26-11-7-6-10-25(26)29(27(33)21-35-24-14-12-22(30)13-15-24)28(34)20-31-16-18-32(19-17-31)23-8-4-3-5-9-23/h6-7,10-15,23,28,34H,2-5,8-9,16-21H2,1H3. The molecule has 1 aliphatic heterocycles. The fourth-order valence-corrected chi connectivity index (χ4v) is 6.17. The van der Waals surface area contributed by atoms with E-state index in [4.69, 9.17) is 16.3 Å². The van der Waals surface area contributed by atoms with Crippen LogP contribution in [0.4, 0.5) is 0 Å². The summed E-state index contributed by atoms with van der Waals surface area (Å²) >= 11 is 6.04. The Balaban J connectivity index is 1.32. The van der Waals surface area contributed by atoms with Crippen molar-refractivity contribution in [1.82, 2.24) is 14.4 Å². The lowest BCUT2D eigenvalue weighted by Crippen LogP contribution is -2.51. The van der Waals surface area contributed by atoms with Gasteiger partial charge in [-0.15, -0.1) is 0 Å². The van der Waals surface area contributed by atoms with E-state index in [1.54, 1.807) is 0 Å². The molecule has 2 heterocycles. The summed E-state index contributed by atoms with van der Waals surface area (Å²) in [5.74, 6) is 0.779. The number of benzene rings is 2. The van der Waals surface area contributed by atoms with Crippen molar-refractivity contribution in [3.05, 3.63) is 64.8 Å². The van der Waals surface area contributed by atoms with E-state index in [0.29, 0.717) is 18.2 Å². The van der Waals surface area contributed by atoms with Crippen LogP contribution >= 0.6 is 11.6 Å². The maximum Gasteiger partial charge on any atom is 0.129 e. The lowest BCUT2D eigenvalue weighted by molar-refractivity contribution is 0.0473. The molecule has 0 spiro atoms. The van der Waals surface area contributed by atoms with E-state index in [-0.39, 0.29) is 0 Å². The molecule has 6 heteroatoms. The van der Waals surface area contributed by atoms with Crippen LogP contribution in [-0.4, -0.2) is 58.2 Å². The Morgan fingerprint density at radius 1 is 0.971 bits per heavy atom. The van der Waals surface area contributed by atoms with Gasteiger partial charge in [-0.3, -0.25) is 9.80 Å². The van der Waals surface area contributed by atoms with E-state index < -0.39 is 6.10 Å². The first-order valence-electron chi connectivity index (χ1n) is 13.3. The zero-order valence-corrected chi connectivity index (χ0v) is 21.6. The Morgan fingerprint density at radius 3 is 2.40 bits per heavy atom. The van der Waals surface area contributed by atoms with Crippen LogP contribution < -0.4 is 4.74 Å². The Kier molecular flexibility index (Phi) is 7.98. The molecule has 1 saturated heterocycles. The fourth-order valence-electron chi connectivity index (χ4n) is 6.05. The third-order valence-electron chi connectivity index (χ3n) is 7.89. The van der Waals surface area contributed by atoms with Gasteiger partial charge in [-0.2, -0.15) is 0 Å². The molecule has 1 unspecified atom stereocenters. The summed E-state index contributed by atoms with van der Waals surface area (Å²) in [7, 11) is 0. The summed E-state index contributed by atoms with van der Waals surface area (Å²) in [4.78, 5) is 5.13. The number of rotatable bonds is 8. The SMILES string of the molecule is CCn1c(COc2ccc(Cl)cc2)c(C(O)CN2CCN(C3CCCCC3)CC2)c2ccccc21. The number of hydrogen-bond donors (Lipinski definition) is 1. The molecule has 0 bridgehead atoms. The van der Waals surface area contributed by atoms with Gasteiger partial charge in [0.15, 0.2) is 0 Å². The van der Waals surface area contributed by atoms with Gasteiger partial charge >= 0.3 is 0 Å². The van der Waals surface area contributed by atoms with E-state index in [1.807, 2.05) is 24.3 Å². The van der Waals surface area contributed by atoms with Crippen molar-refractivity contribution in [3.8, 4) is 5.75 Å². The number of para-hydroxylation sites is 1. The monoisotopic (exact) mass is 495 g/mol. The Labute approximate surface area is 214 Å². The summed E-state index contributed by atoms with van der Waals surface area (Å²) in [6.45, 7) is 8.32. The average Bonchev–Trinajstić information content (AvgIpc) is 3.22. The number of aryl methyl sites for hydroxylation is 1. The normalized spacial score (nSPS) is 19.3. The van der Waals surface area contributed by atoms with E-state index in [9.17, 15) is 5.11 Å². The van der Waals surface area contributed by atoms with Crippen LogP contribution in [0.5, 0.6) is 5.75 Å². The molecular weight excluding hydrogens is 458 g/mol. The van der Waals surface area contributed by atoms with Crippen LogP contribution in [0.15, 0.2) is 48.5 Å². The second-order valence-corrected chi connectivity index (χ2v) is 10.4. The lowest BCUT2D eigenvalue weighted by Gasteiger charge is -2.41. The molecule has 35 heavy (non-hydrogen) atoms. The number of piperazine rings is 1. The largest absolute Gasteiger partial charge is 0.487 e. The van der Waals surface area contributed by atoms with Crippen molar-refractivity contribution >= 4 is 22.5 Å². The van der Waals surface area contributed by atoms with Crippen LogP contribution in [0.2, 0.25) is 5.02 Å². The molecule has 1 atom stereocenters. The third-order valence-corrected chi connectivity index (χ3v) is 8.14. The second kappa shape index (κ2) is 11.3. The first-order chi connectivity index (χ1) is 17.1. The van der Waals surface area contributed by atoms with Crippen LogP contribution in [0.25, 0.3) is 10.9 Å². The highest BCUT2D eigenvalue weighted by molar-refractivity contribution is 6.30. The van der Waals surface area contributed by atoms with Crippen molar-refractivity contribution in [2.24, 2.45) is 0 Å². The topological polar surface area (TPSA) is 40.9 Å². The van der Waals surface area contributed by atoms with Gasteiger partial charge in [0.05, 0.1) is 11.8 Å². The highest BCUT2D eigenvalue weighted by Crippen LogP contribution is 2.33. The summed E-state index contributed by atoms with van der Waals surface area (Å²) in [5, 5.41) is 13.4. The highest BCUT2D eigenvalue weighted by atomic mass is 35.5. The predicted molar refractivity (Wildman–Crippen MR) is 143 cm³/mol. The summed E-state index contributed by atoms with van der Waals surface area (Å²) in [6, 6.07) is 16.6. The molecule has 2 fully saturated rings. The molecule has 0 radical (unpaired) electrons. The van der Waals surface area contributed by atoms with Crippen molar-refractivity contribution in [1.29, 1.82) is 0 Å². The molecule has 1 aromatic heterocycles. The van der Waals surface area contributed by atoms with Gasteiger partial charge in [0.25, 0.3) is 0 Å². The average molecular weight is 496 g/mol. The molecule has 1 saturated carbocycles. The molecule has 5 rings (SSSR count). The number of aliphatic hydroxyl groups excluding tert-OH is 1. The minimum absolute atomic E-state index is 0.409. The minimum atomic E-state index is -0.558. The molecule has 3 aromatic rings. The smallest absolute Gasteiger partial charge is 0.129 e. The van der Waals surface area contributed by atoms with Gasteiger partial charge in [-0.05, 0) is 50.1 Å². The maximum atomic E-state index is 11.6. The van der Waals surface area contributed by atoms with Crippen molar-refractivity contribution in [3.63, 3.8) is 0 Å². The number of aliphatic hydroxyl groups is 1. The van der Waals surface area contributed by atoms with E-state index >= 15 is 0 Å². The van der Waals surface area contributed by atoms with Gasteiger partial charge < -0.3 is 14.4 Å². The van der Waals surface area contributed by atoms with Crippen molar-refractivity contribution < 1.29 is 9.84 Å². The molecule has 1 N–H and O–H groups in total. The van der Waals surface area contributed by atoms with Gasteiger partial charge in [0.2, 0.25) is 0 Å². The van der Waals surface area contributed by atoms with Crippen molar-refractivity contribution in [2.75, 3.05) is 32.7 Å². The fraction of sp³-hybridized carbons (Fsp3) is 0.517. The number of halogens is 1. The first kappa shape index (κ1) is 24.6. The molecule has 2 aromatic carbocycles. The Hall–Kier alpha value is -2.05. The van der Waals surface area contributed by atoms with Crippen LogP contribution in [-0.2, 0) is 13.2 Å². The molecule has 1 aliphatic carbocycles. The molecule has 0 amide bonds. The number of hydrogen-bond acceptors (Lipinski definition) is 4. The predicted octanol–water partition coefficient (Wildman–Crippen LogP) is 5.88. The molecule has 188 valence electrons. The number of aromatic nitrogens is 1. The summed E-state index contributed by atoms with van der Waals surface area (Å²) in [6.07, 6.45) is 6.32. The first-order valence-corrected chi connectivity index (χ1v) is 13.6. The van der Waals surface area contributed by atoms with Crippen molar-refractivity contribution in [2.45, 2.75) is 64.3 Å².